The van der Waals surface area contributed by atoms with E-state index in [4.69, 9.17) is 4.74 Å². The third-order valence-electron chi connectivity index (χ3n) is 5.93. The first-order valence-corrected chi connectivity index (χ1v) is 15.0. The summed E-state index contributed by atoms with van der Waals surface area (Å²) in [4.78, 5) is 65.1. The molecule has 3 rings (SSSR count). The molecule has 1 aromatic carbocycles. The van der Waals surface area contributed by atoms with Gasteiger partial charge in [0.15, 0.2) is 0 Å². The van der Waals surface area contributed by atoms with E-state index in [-0.39, 0.29) is 24.5 Å². The number of rotatable bonds is 3. The molecule has 1 saturated heterocycles. The van der Waals surface area contributed by atoms with Gasteiger partial charge in [0, 0.05) is 17.9 Å². The molecule has 1 fully saturated rings. The molecule has 0 radical (unpaired) electrons. The van der Waals surface area contributed by atoms with Crippen LogP contribution in [0.5, 0.6) is 0 Å². The molecular weight excluding hydrogens is 528 g/mol. The van der Waals surface area contributed by atoms with E-state index in [1.807, 2.05) is 36.4 Å². The number of esters is 1. The van der Waals surface area contributed by atoms with E-state index in [2.05, 4.69) is 21.3 Å². The van der Waals surface area contributed by atoms with Crippen molar-refractivity contribution >= 4 is 51.2 Å². The second-order valence-corrected chi connectivity index (χ2v) is 12.0. The summed E-state index contributed by atoms with van der Waals surface area (Å²) in [5.41, 5.74) is 0.814. The first kappa shape index (κ1) is 29.6. The summed E-state index contributed by atoms with van der Waals surface area (Å²) >= 11 is 0. The number of ether oxygens (including phenoxy) is 1. The van der Waals surface area contributed by atoms with Gasteiger partial charge in [-0.15, -0.1) is 0 Å². The minimum Gasteiger partial charge on any atom is -0.456 e. The van der Waals surface area contributed by atoms with Gasteiger partial charge >= 0.3 is 5.97 Å². The third kappa shape index (κ3) is 9.39. The standard InChI is InChI=1S/C26H34N4O6S2/c1-16(2)23-26(35)29-20-15-38-37-11-7-6-10-18(13-21(31)30-23)36-22(32)14-27-24(33)19(28-25(20)34)12-17-8-4-3-5-9-17/h3-6,8-10,16,18-20,23H,7,11-15H2,1-2H3,(H,27,33)(H,28,34)(H,29,35)(H,30,31)/b10-6+/t18-,19?,20-,23-/m1/s1. The number of benzene rings is 1. The lowest BCUT2D eigenvalue weighted by molar-refractivity contribution is -0.148. The minimum atomic E-state index is -0.991. The lowest BCUT2D eigenvalue weighted by atomic mass is 10.0. The molecule has 38 heavy (non-hydrogen) atoms. The molecule has 12 heteroatoms. The Balaban J connectivity index is 1.96. The van der Waals surface area contributed by atoms with Gasteiger partial charge in [0.2, 0.25) is 23.6 Å². The number of nitrogens with one attached hydrogen (secondary N) is 4. The molecule has 2 aliphatic heterocycles. The molecule has 1 aromatic rings. The highest BCUT2D eigenvalue weighted by Gasteiger charge is 2.32. The average Bonchev–Trinajstić information content (AvgIpc) is 2.88. The number of allylic oxidation sites excluding steroid dienone is 1. The van der Waals surface area contributed by atoms with Crippen LogP contribution in [0.4, 0.5) is 0 Å². The van der Waals surface area contributed by atoms with Gasteiger partial charge in [-0.25, -0.2) is 0 Å². The molecule has 0 saturated carbocycles. The van der Waals surface area contributed by atoms with E-state index in [1.54, 1.807) is 19.9 Å². The second kappa shape index (κ2) is 14.8. The van der Waals surface area contributed by atoms with Crippen LogP contribution in [-0.2, 0) is 35.1 Å². The normalized spacial score (nSPS) is 27.3. The zero-order valence-corrected chi connectivity index (χ0v) is 23.1. The highest BCUT2D eigenvalue weighted by molar-refractivity contribution is 8.76. The van der Waals surface area contributed by atoms with Gasteiger partial charge in [0.05, 0.1) is 6.42 Å². The van der Waals surface area contributed by atoms with Crippen LogP contribution in [0.1, 0.15) is 32.3 Å². The van der Waals surface area contributed by atoms with E-state index in [0.717, 1.165) is 5.56 Å². The molecule has 206 valence electrons. The molecule has 2 aliphatic rings. The Morgan fingerprint density at radius 1 is 0.947 bits per heavy atom. The first-order valence-electron chi connectivity index (χ1n) is 12.5. The zero-order chi connectivity index (χ0) is 27.5. The van der Waals surface area contributed by atoms with Crippen LogP contribution in [0.2, 0.25) is 0 Å². The third-order valence-corrected chi connectivity index (χ3v) is 8.37. The van der Waals surface area contributed by atoms with Gasteiger partial charge in [-0.1, -0.05) is 71.8 Å². The SMILES string of the molecule is CC(C)[C@H]1NC(=O)C[C@H]2/C=C/CCSSC[C@@H](NC1=O)C(=O)NC(Cc1ccccc1)C(=O)NCC(=O)O2. The molecule has 0 aromatic heterocycles. The van der Waals surface area contributed by atoms with Crippen molar-refractivity contribution < 1.29 is 28.7 Å². The Morgan fingerprint density at radius 2 is 1.71 bits per heavy atom. The number of fused-ring (bicyclic) bond motifs is 7. The maximum absolute atomic E-state index is 13.4. The fourth-order valence-electron chi connectivity index (χ4n) is 3.91. The van der Waals surface area contributed by atoms with Crippen LogP contribution in [0.15, 0.2) is 42.5 Å². The predicted molar refractivity (Wildman–Crippen MR) is 147 cm³/mol. The molecule has 0 aliphatic carbocycles. The highest BCUT2D eigenvalue weighted by Crippen LogP contribution is 2.24. The van der Waals surface area contributed by atoms with Crippen molar-refractivity contribution in [2.45, 2.75) is 57.3 Å². The van der Waals surface area contributed by atoms with Gasteiger partial charge in [0.25, 0.3) is 0 Å². The molecule has 10 nitrogen and oxygen atoms in total. The quantitative estimate of drug-likeness (QED) is 0.244. The molecular formula is C26H34N4O6S2. The van der Waals surface area contributed by atoms with Crippen molar-refractivity contribution in [3.63, 3.8) is 0 Å². The molecule has 4 atom stereocenters. The lowest BCUT2D eigenvalue weighted by Gasteiger charge is -2.27. The van der Waals surface area contributed by atoms with Gasteiger partial charge in [-0.2, -0.15) is 0 Å². The Morgan fingerprint density at radius 3 is 2.45 bits per heavy atom. The lowest BCUT2D eigenvalue weighted by Crippen LogP contribution is -2.59. The largest absolute Gasteiger partial charge is 0.456 e. The number of hydrogen-bond acceptors (Lipinski definition) is 8. The molecule has 0 spiro atoms. The summed E-state index contributed by atoms with van der Waals surface area (Å²) in [6, 6.07) is 6.32. The molecule has 1 unspecified atom stereocenters. The topological polar surface area (TPSA) is 143 Å². The summed E-state index contributed by atoms with van der Waals surface area (Å²) in [5, 5.41) is 10.8. The van der Waals surface area contributed by atoms with Crippen LogP contribution in [-0.4, -0.2) is 71.9 Å². The van der Waals surface area contributed by atoms with Crippen LogP contribution in [0, 0.1) is 5.92 Å². The van der Waals surface area contributed by atoms with E-state index in [0.29, 0.717) is 12.2 Å². The van der Waals surface area contributed by atoms with Crippen LogP contribution >= 0.6 is 21.6 Å². The average molecular weight is 563 g/mol. The first-order chi connectivity index (χ1) is 18.2. The minimum absolute atomic E-state index is 0.185. The summed E-state index contributed by atoms with van der Waals surface area (Å²) in [6.45, 7) is 3.15. The maximum atomic E-state index is 13.4. The zero-order valence-electron chi connectivity index (χ0n) is 21.4. The van der Waals surface area contributed by atoms with Crippen molar-refractivity contribution in [1.29, 1.82) is 0 Å². The summed E-state index contributed by atoms with van der Waals surface area (Å²) in [7, 11) is 2.97. The van der Waals surface area contributed by atoms with Crippen LogP contribution < -0.4 is 21.3 Å². The summed E-state index contributed by atoms with van der Waals surface area (Å²) < 4.78 is 5.48. The maximum Gasteiger partial charge on any atom is 0.326 e. The Hall–Kier alpha value is -2.99. The summed E-state index contributed by atoms with van der Waals surface area (Å²) in [6.07, 6.45) is 3.28. The second-order valence-electron chi connectivity index (χ2n) is 9.37. The number of hydrogen-bond donors (Lipinski definition) is 4. The highest BCUT2D eigenvalue weighted by atomic mass is 33.1. The predicted octanol–water partition coefficient (Wildman–Crippen LogP) is 1.11. The number of amides is 4. The van der Waals surface area contributed by atoms with Crippen LogP contribution in [0.25, 0.3) is 0 Å². The monoisotopic (exact) mass is 562 g/mol. The molecule has 4 N–H and O–H groups in total. The number of carbonyl (C=O) groups is 5. The van der Waals surface area contributed by atoms with Gasteiger partial charge in [-0.3, -0.25) is 24.0 Å². The molecule has 4 amide bonds. The van der Waals surface area contributed by atoms with Gasteiger partial charge in [0.1, 0.15) is 30.8 Å². The fourth-order valence-corrected chi connectivity index (χ4v) is 6.06. The van der Waals surface area contributed by atoms with Crippen molar-refractivity contribution in [3.05, 3.63) is 48.0 Å². The van der Waals surface area contributed by atoms with Crippen molar-refractivity contribution in [3.8, 4) is 0 Å². The van der Waals surface area contributed by atoms with Crippen molar-refractivity contribution in [1.82, 2.24) is 21.3 Å². The Kier molecular flexibility index (Phi) is 11.5. The smallest absolute Gasteiger partial charge is 0.326 e. The van der Waals surface area contributed by atoms with E-state index >= 15 is 0 Å². The summed E-state index contributed by atoms with van der Waals surface area (Å²) in [5.74, 6) is -2.09. The Bertz CT molecular complexity index is 1040. The van der Waals surface area contributed by atoms with Crippen molar-refractivity contribution in [2.24, 2.45) is 5.92 Å². The number of carbonyl (C=O) groups excluding carboxylic acids is 5. The molecule has 2 bridgehead atoms. The van der Waals surface area contributed by atoms with Crippen molar-refractivity contribution in [2.75, 3.05) is 18.1 Å². The van der Waals surface area contributed by atoms with Gasteiger partial charge < -0.3 is 26.0 Å². The van der Waals surface area contributed by atoms with Gasteiger partial charge in [-0.05, 0) is 24.0 Å². The van der Waals surface area contributed by atoms with E-state index < -0.39 is 60.4 Å². The fraction of sp³-hybridized carbons (Fsp3) is 0.500. The van der Waals surface area contributed by atoms with E-state index in [1.165, 1.54) is 21.6 Å². The molecule has 2 heterocycles. The van der Waals surface area contributed by atoms with E-state index in [9.17, 15) is 24.0 Å². The Labute approximate surface area is 230 Å². The van der Waals surface area contributed by atoms with Crippen LogP contribution in [0.3, 0.4) is 0 Å².